The van der Waals surface area contributed by atoms with Crippen molar-refractivity contribution in [3.8, 4) is 0 Å². The zero-order valence-corrected chi connectivity index (χ0v) is 11.2. The van der Waals surface area contributed by atoms with Crippen molar-refractivity contribution >= 4 is 28.7 Å². The topological polar surface area (TPSA) is 44.1 Å². The maximum Gasteiger partial charge on any atom is 0.421 e. The first-order chi connectivity index (χ1) is 9.75. The molecule has 0 atom stereocenters. The lowest BCUT2D eigenvalue weighted by molar-refractivity contribution is 0.142. The van der Waals surface area contributed by atoms with Gasteiger partial charge in [-0.3, -0.25) is 0 Å². The van der Waals surface area contributed by atoms with Crippen molar-refractivity contribution in [2.45, 2.75) is 6.61 Å². The molecule has 0 aliphatic rings. The lowest BCUT2D eigenvalue weighted by Crippen LogP contribution is -2.13. The number of fused-ring (bicyclic) bond motifs is 1. The van der Waals surface area contributed by atoms with Crippen LogP contribution in [0.5, 0.6) is 0 Å². The zero-order chi connectivity index (χ0) is 13.9. The van der Waals surface area contributed by atoms with E-state index in [1.165, 1.54) is 4.57 Å². The van der Waals surface area contributed by atoms with Gasteiger partial charge in [-0.15, -0.1) is 0 Å². The van der Waals surface area contributed by atoms with Crippen LogP contribution in [-0.4, -0.2) is 15.6 Å². The number of carbonyl (C=O) groups is 1. The normalized spacial score (nSPS) is 10.7. The number of hydrogen-bond donors (Lipinski definition) is 0. The van der Waals surface area contributed by atoms with Gasteiger partial charge >= 0.3 is 6.09 Å². The molecule has 100 valence electrons. The summed E-state index contributed by atoms with van der Waals surface area (Å²) in [5, 5.41) is 0.101. The summed E-state index contributed by atoms with van der Waals surface area (Å²) >= 11 is 6.00. The van der Waals surface area contributed by atoms with Crippen LogP contribution in [0.15, 0.2) is 54.6 Å². The molecule has 0 amide bonds. The SMILES string of the molecule is O=C(OCc1ccccc1)n1c(Cl)nc2ccccc21. The monoisotopic (exact) mass is 286 g/mol. The Morgan fingerprint density at radius 3 is 2.60 bits per heavy atom. The fourth-order valence-corrected chi connectivity index (χ4v) is 2.21. The van der Waals surface area contributed by atoms with E-state index >= 15 is 0 Å². The highest BCUT2D eigenvalue weighted by Crippen LogP contribution is 2.20. The molecular weight excluding hydrogens is 276 g/mol. The van der Waals surface area contributed by atoms with Gasteiger partial charge in [-0.25, -0.2) is 14.3 Å². The Balaban J connectivity index is 1.84. The van der Waals surface area contributed by atoms with Gasteiger partial charge in [0.05, 0.1) is 11.0 Å². The van der Waals surface area contributed by atoms with Crippen molar-refractivity contribution in [2.24, 2.45) is 0 Å². The minimum absolute atomic E-state index is 0.101. The number of hydrogen-bond acceptors (Lipinski definition) is 3. The van der Waals surface area contributed by atoms with Crippen LogP contribution in [0.25, 0.3) is 11.0 Å². The maximum atomic E-state index is 12.1. The Hall–Kier alpha value is -2.33. The first-order valence-corrected chi connectivity index (χ1v) is 6.47. The predicted molar refractivity (Wildman–Crippen MR) is 76.8 cm³/mol. The van der Waals surface area contributed by atoms with Crippen LogP contribution in [-0.2, 0) is 11.3 Å². The van der Waals surface area contributed by atoms with E-state index in [4.69, 9.17) is 16.3 Å². The molecule has 0 aliphatic carbocycles. The summed E-state index contributed by atoms with van der Waals surface area (Å²) in [7, 11) is 0. The van der Waals surface area contributed by atoms with Gasteiger partial charge < -0.3 is 4.74 Å². The summed E-state index contributed by atoms with van der Waals surface area (Å²) in [6.07, 6.45) is -0.535. The van der Waals surface area contributed by atoms with Crippen molar-refractivity contribution in [3.63, 3.8) is 0 Å². The molecule has 1 heterocycles. The summed E-state index contributed by atoms with van der Waals surface area (Å²) in [5.74, 6) is 0. The number of carbonyl (C=O) groups excluding carboxylic acids is 1. The number of ether oxygens (including phenoxy) is 1. The summed E-state index contributed by atoms with van der Waals surface area (Å²) in [4.78, 5) is 16.2. The van der Waals surface area contributed by atoms with E-state index in [0.29, 0.717) is 11.0 Å². The van der Waals surface area contributed by atoms with E-state index in [0.717, 1.165) is 5.56 Å². The molecule has 0 aliphatic heterocycles. The lowest BCUT2D eigenvalue weighted by atomic mass is 10.2. The van der Waals surface area contributed by atoms with E-state index in [1.54, 1.807) is 12.1 Å². The second-order valence-corrected chi connectivity index (χ2v) is 4.58. The van der Waals surface area contributed by atoms with E-state index < -0.39 is 6.09 Å². The molecule has 0 spiro atoms. The minimum Gasteiger partial charge on any atom is -0.444 e. The van der Waals surface area contributed by atoms with Crippen LogP contribution < -0.4 is 0 Å². The van der Waals surface area contributed by atoms with Gasteiger partial charge in [0.1, 0.15) is 6.61 Å². The first kappa shape index (κ1) is 12.7. The number of para-hydroxylation sites is 2. The molecule has 20 heavy (non-hydrogen) atoms. The van der Waals surface area contributed by atoms with Crippen LogP contribution >= 0.6 is 11.6 Å². The Labute approximate surface area is 120 Å². The number of nitrogens with zero attached hydrogens (tertiary/aromatic N) is 2. The summed E-state index contributed by atoms with van der Waals surface area (Å²) < 4.78 is 6.52. The Morgan fingerprint density at radius 2 is 1.80 bits per heavy atom. The molecule has 0 saturated heterocycles. The van der Waals surface area contributed by atoms with Gasteiger partial charge in [-0.05, 0) is 29.3 Å². The van der Waals surface area contributed by atoms with Crippen LogP contribution in [0, 0.1) is 0 Å². The minimum atomic E-state index is -0.535. The Bertz CT molecular complexity index is 753. The van der Waals surface area contributed by atoms with Gasteiger partial charge in [-0.1, -0.05) is 42.5 Å². The maximum absolute atomic E-state index is 12.1. The molecule has 0 radical (unpaired) electrons. The smallest absolute Gasteiger partial charge is 0.421 e. The van der Waals surface area contributed by atoms with Gasteiger partial charge in [0, 0.05) is 0 Å². The van der Waals surface area contributed by atoms with Crippen LogP contribution in [0.2, 0.25) is 5.28 Å². The van der Waals surface area contributed by atoms with Crippen molar-refractivity contribution in [1.82, 2.24) is 9.55 Å². The molecule has 0 fully saturated rings. The molecule has 0 N–H and O–H groups in total. The fourth-order valence-electron chi connectivity index (χ4n) is 1.95. The molecule has 3 aromatic rings. The number of rotatable bonds is 2. The Kier molecular flexibility index (Phi) is 3.39. The highest BCUT2D eigenvalue weighted by atomic mass is 35.5. The van der Waals surface area contributed by atoms with Crippen molar-refractivity contribution in [1.29, 1.82) is 0 Å². The molecule has 1 aromatic heterocycles. The number of aromatic nitrogens is 2. The van der Waals surface area contributed by atoms with E-state index in [1.807, 2.05) is 42.5 Å². The third kappa shape index (κ3) is 2.38. The van der Waals surface area contributed by atoms with Crippen molar-refractivity contribution in [2.75, 3.05) is 0 Å². The van der Waals surface area contributed by atoms with Gasteiger partial charge in [0.25, 0.3) is 0 Å². The molecule has 0 saturated carbocycles. The number of benzene rings is 2. The molecule has 4 nitrogen and oxygen atoms in total. The van der Waals surface area contributed by atoms with Crippen molar-refractivity contribution in [3.05, 3.63) is 65.4 Å². The quantitative estimate of drug-likeness (QED) is 0.718. The second kappa shape index (κ2) is 5.35. The van der Waals surface area contributed by atoms with Gasteiger partial charge in [0.15, 0.2) is 0 Å². The average Bonchev–Trinajstić information content (AvgIpc) is 2.82. The largest absolute Gasteiger partial charge is 0.444 e. The van der Waals surface area contributed by atoms with Gasteiger partial charge in [-0.2, -0.15) is 0 Å². The van der Waals surface area contributed by atoms with Crippen LogP contribution in [0.1, 0.15) is 5.56 Å². The van der Waals surface area contributed by atoms with E-state index in [2.05, 4.69) is 4.98 Å². The van der Waals surface area contributed by atoms with E-state index in [9.17, 15) is 4.79 Å². The molecule has 3 rings (SSSR count). The molecule has 0 unspecified atom stereocenters. The second-order valence-electron chi connectivity index (χ2n) is 4.25. The summed E-state index contributed by atoms with van der Waals surface area (Å²) in [6.45, 7) is 0.197. The summed E-state index contributed by atoms with van der Waals surface area (Å²) in [6, 6.07) is 16.7. The predicted octanol–water partition coefficient (Wildman–Crippen LogP) is 3.87. The molecule has 0 bridgehead atoms. The molecular formula is C15H11ClN2O2. The summed E-state index contributed by atoms with van der Waals surface area (Å²) in [5.41, 5.74) is 2.21. The first-order valence-electron chi connectivity index (χ1n) is 6.10. The van der Waals surface area contributed by atoms with Crippen molar-refractivity contribution < 1.29 is 9.53 Å². The lowest BCUT2D eigenvalue weighted by Gasteiger charge is -2.06. The highest BCUT2D eigenvalue weighted by Gasteiger charge is 2.16. The highest BCUT2D eigenvalue weighted by molar-refractivity contribution is 6.30. The standard InChI is InChI=1S/C15H11ClN2O2/c16-14-17-12-8-4-5-9-13(12)18(14)15(19)20-10-11-6-2-1-3-7-11/h1-9H,10H2. The third-order valence-corrected chi connectivity index (χ3v) is 3.16. The van der Waals surface area contributed by atoms with Crippen LogP contribution in [0.4, 0.5) is 4.79 Å². The Morgan fingerprint density at radius 1 is 1.10 bits per heavy atom. The fraction of sp³-hybridized carbons (Fsp3) is 0.0667. The number of imidazole rings is 1. The van der Waals surface area contributed by atoms with Gasteiger partial charge in [0.2, 0.25) is 5.28 Å². The number of halogens is 1. The average molecular weight is 287 g/mol. The third-order valence-electron chi connectivity index (χ3n) is 2.91. The molecule has 2 aromatic carbocycles. The zero-order valence-electron chi connectivity index (χ0n) is 10.5. The van der Waals surface area contributed by atoms with E-state index in [-0.39, 0.29) is 11.9 Å². The molecule has 5 heteroatoms. The van der Waals surface area contributed by atoms with Crippen LogP contribution in [0.3, 0.4) is 0 Å².